The molecule has 0 radical (unpaired) electrons. The fourth-order valence-electron chi connectivity index (χ4n) is 3.29. The van der Waals surface area contributed by atoms with Gasteiger partial charge in [0.2, 0.25) is 5.75 Å². The number of nitrogens with one attached hydrogen (secondary N) is 1. The number of amides is 1. The van der Waals surface area contributed by atoms with E-state index in [2.05, 4.69) is 20.3 Å². The van der Waals surface area contributed by atoms with Crippen molar-refractivity contribution in [1.29, 1.82) is 0 Å². The number of fused-ring (bicyclic) bond motifs is 1. The minimum absolute atomic E-state index is 0.224. The van der Waals surface area contributed by atoms with Gasteiger partial charge in [-0.15, -0.1) is 0 Å². The predicted octanol–water partition coefficient (Wildman–Crippen LogP) is 2.43. The van der Waals surface area contributed by atoms with Crippen molar-refractivity contribution >= 4 is 17.7 Å². The van der Waals surface area contributed by atoms with Crippen LogP contribution in [0.2, 0.25) is 0 Å². The van der Waals surface area contributed by atoms with Gasteiger partial charge in [-0.3, -0.25) is 4.90 Å². The van der Waals surface area contributed by atoms with Crippen molar-refractivity contribution in [3.8, 4) is 22.9 Å². The van der Waals surface area contributed by atoms with E-state index in [4.69, 9.17) is 14.2 Å². The number of imidazole rings is 1. The molecule has 156 valence electrons. The second-order valence-corrected chi connectivity index (χ2v) is 6.46. The molecule has 0 atom stereocenters. The van der Waals surface area contributed by atoms with Crippen molar-refractivity contribution in [2.24, 2.45) is 0 Å². The van der Waals surface area contributed by atoms with Gasteiger partial charge in [0.1, 0.15) is 24.3 Å². The third-order valence-electron chi connectivity index (χ3n) is 4.77. The molecule has 1 aliphatic heterocycles. The highest BCUT2D eigenvalue weighted by Gasteiger charge is 2.27. The van der Waals surface area contributed by atoms with Gasteiger partial charge in [0, 0.05) is 17.7 Å². The van der Waals surface area contributed by atoms with Gasteiger partial charge in [-0.2, -0.15) is 0 Å². The Labute approximate surface area is 171 Å². The zero-order chi connectivity index (χ0) is 21.3. The zero-order valence-electron chi connectivity index (χ0n) is 16.6. The van der Waals surface area contributed by atoms with Crippen LogP contribution in [0.1, 0.15) is 11.3 Å². The number of nitrogens with zero attached hydrogens (tertiary/aromatic N) is 5. The first-order valence-electron chi connectivity index (χ1n) is 8.96. The highest BCUT2D eigenvalue weighted by molar-refractivity contribution is 5.68. The first-order chi connectivity index (χ1) is 14.5. The largest absolute Gasteiger partial charge is 0.493 e. The van der Waals surface area contributed by atoms with Crippen LogP contribution in [0.3, 0.4) is 0 Å². The van der Waals surface area contributed by atoms with Crippen LogP contribution in [-0.4, -0.2) is 56.9 Å². The Bertz CT molecular complexity index is 1070. The lowest BCUT2D eigenvalue weighted by Crippen LogP contribution is -2.22. The number of hydrogen-bond acceptors (Lipinski definition) is 8. The van der Waals surface area contributed by atoms with Crippen molar-refractivity contribution in [2.45, 2.75) is 13.1 Å². The molecule has 3 heterocycles. The van der Waals surface area contributed by atoms with E-state index >= 15 is 0 Å². The molecule has 0 spiro atoms. The smallest absolute Gasteiger partial charge is 0.407 e. The summed E-state index contributed by atoms with van der Waals surface area (Å²) in [5, 5.41) is 12.4. The van der Waals surface area contributed by atoms with E-state index in [0.717, 1.165) is 11.3 Å². The Morgan fingerprint density at radius 2 is 1.80 bits per heavy atom. The van der Waals surface area contributed by atoms with E-state index in [-0.39, 0.29) is 13.1 Å². The fraction of sp³-hybridized carbons (Fsp3) is 0.263. The molecule has 11 nitrogen and oxygen atoms in total. The lowest BCUT2D eigenvalue weighted by atomic mass is 10.2. The fourth-order valence-corrected chi connectivity index (χ4v) is 3.29. The maximum Gasteiger partial charge on any atom is 0.407 e. The van der Waals surface area contributed by atoms with Crippen LogP contribution in [0.4, 0.5) is 16.4 Å². The summed E-state index contributed by atoms with van der Waals surface area (Å²) in [6.07, 6.45) is 3.82. The normalized spacial score (nSPS) is 12.4. The molecule has 0 saturated heterocycles. The highest BCUT2D eigenvalue weighted by Crippen LogP contribution is 2.39. The summed E-state index contributed by atoms with van der Waals surface area (Å²) in [6.45, 7) is 0.461. The van der Waals surface area contributed by atoms with Crippen LogP contribution in [0, 0.1) is 0 Å². The van der Waals surface area contributed by atoms with Crippen LogP contribution >= 0.6 is 0 Å². The van der Waals surface area contributed by atoms with Crippen LogP contribution in [0.15, 0.2) is 31.0 Å². The molecule has 1 amide bonds. The summed E-state index contributed by atoms with van der Waals surface area (Å²) in [5.41, 5.74) is 2.18. The molecule has 0 unspecified atom stereocenters. The molecule has 1 aromatic carbocycles. The SMILES string of the molecule is COc1cc(-n2cnc(Nc3ncnc4c3CN(C(=O)O)C4)c2)cc(OC)c1OC. The summed E-state index contributed by atoms with van der Waals surface area (Å²) < 4.78 is 17.9. The van der Waals surface area contributed by atoms with Gasteiger partial charge in [0.05, 0.1) is 52.0 Å². The van der Waals surface area contributed by atoms with E-state index in [9.17, 15) is 9.90 Å². The number of carbonyl (C=O) groups is 1. The second kappa shape index (κ2) is 7.78. The Morgan fingerprint density at radius 3 is 2.43 bits per heavy atom. The first kappa shape index (κ1) is 19.3. The number of benzene rings is 1. The number of anilines is 2. The number of aromatic nitrogens is 4. The van der Waals surface area contributed by atoms with Crippen LogP contribution in [-0.2, 0) is 13.1 Å². The number of hydrogen-bond donors (Lipinski definition) is 2. The van der Waals surface area contributed by atoms with E-state index in [1.54, 1.807) is 50.6 Å². The Kier molecular flexibility index (Phi) is 5.00. The van der Waals surface area contributed by atoms with Crippen molar-refractivity contribution in [3.63, 3.8) is 0 Å². The van der Waals surface area contributed by atoms with Crippen molar-refractivity contribution in [3.05, 3.63) is 42.2 Å². The molecule has 3 aromatic rings. The van der Waals surface area contributed by atoms with E-state index in [0.29, 0.717) is 34.6 Å². The molecule has 2 aromatic heterocycles. The molecule has 0 aliphatic carbocycles. The van der Waals surface area contributed by atoms with Crippen LogP contribution in [0.5, 0.6) is 17.2 Å². The first-order valence-corrected chi connectivity index (χ1v) is 8.96. The minimum atomic E-state index is -0.995. The Balaban J connectivity index is 1.61. The Morgan fingerprint density at radius 1 is 1.07 bits per heavy atom. The van der Waals surface area contributed by atoms with E-state index in [1.807, 2.05) is 0 Å². The standard InChI is InChI=1S/C19H20N6O5/c1-28-14-4-11(5-15(29-2)17(14)30-3)25-8-16(22-10-25)23-18-12-6-24(19(26)27)7-13(12)20-9-21-18/h4-5,8-10H,6-7H2,1-3H3,(H,26,27)(H,20,21,23). The van der Waals surface area contributed by atoms with Gasteiger partial charge >= 0.3 is 6.09 Å². The molecule has 4 rings (SSSR count). The van der Waals surface area contributed by atoms with Gasteiger partial charge in [0.15, 0.2) is 11.5 Å². The number of methoxy groups -OCH3 is 3. The molecular weight excluding hydrogens is 392 g/mol. The molecular formula is C19H20N6O5. The quantitative estimate of drug-likeness (QED) is 0.628. The average Bonchev–Trinajstić information content (AvgIpc) is 3.40. The maximum absolute atomic E-state index is 11.3. The molecule has 2 N–H and O–H groups in total. The number of rotatable bonds is 6. The number of carboxylic acid groups (broad SMARTS) is 1. The summed E-state index contributed by atoms with van der Waals surface area (Å²) in [5.74, 6) is 2.62. The number of ether oxygens (including phenoxy) is 3. The van der Waals surface area contributed by atoms with Gasteiger partial charge in [-0.1, -0.05) is 0 Å². The van der Waals surface area contributed by atoms with Gasteiger partial charge in [-0.25, -0.2) is 19.7 Å². The second-order valence-electron chi connectivity index (χ2n) is 6.46. The van der Waals surface area contributed by atoms with Crippen molar-refractivity contribution < 1.29 is 24.1 Å². The van der Waals surface area contributed by atoms with E-state index < -0.39 is 6.09 Å². The molecule has 0 fully saturated rings. The van der Waals surface area contributed by atoms with Crippen molar-refractivity contribution in [1.82, 2.24) is 24.4 Å². The van der Waals surface area contributed by atoms with Gasteiger partial charge in [0.25, 0.3) is 0 Å². The molecule has 1 aliphatic rings. The Hall–Kier alpha value is -4.02. The molecule has 11 heteroatoms. The average molecular weight is 412 g/mol. The maximum atomic E-state index is 11.3. The monoisotopic (exact) mass is 412 g/mol. The van der Waals surface area contributed by atoms with Crippen LogP contribution < -0.4 is 19.5 Å². The van der Waals surface area contributed by atoms with Crippen LogP contribution in [0.25, 0.3) is 5.69 Å². The summed E-state index contributed by atoms with van der Waals surface area (Å²) in [7, 11) is 4.65. The zero-order valence-corrected chi connectivity index (χ0v) is 16.6. The molecule has 0 saturated carbocycles. The minimum Gasteiger partial charge on any atom is -0.493 e. The topological polar surface area (TPSA) is 124 Å². The van der Waals surface area contributed by atoms with Gasteiger partial charge < -0.3 is 29.2 Å². The van der Waals surface area contributed by atoms with E-state index in [1.165, 1.54) is 11.2 Å². The van der Waals surface area contributed by atoms with Crippen molar-refractivity contribution in [2.75, 3.05) is 26.6 Å². The highest BCUT2D eigenvalue weighted by atomic mass is 16.5. The molecule has 0 bridgehead atoms. The predicted molar refractivity (Wildman–Crippen MR) is 106 cm³/mol. The third-order valence-corrected chi connectivity index (χ3v) is 4.77. The molecule has 30 heavy (non-hydrogen) atoms. The van der Waals surface area contributed by atoms with Gasteiger partial charge in [-0.05, 0) is 0 Å². The third kappa shape index (κ3) is 3.41. The lowest BCUT2D eigenvalue weighted by molar-refractivity contribution is 0.145. The lowest BCUT2D eigenvalue weighted by Gasteiger charge is -2.14. The summed E-state index contributed by atoms with van der Waals surface area (Å²) >= 11 is 0. The summed E-state index contributed by atoms with van der Waals surface area (Å²) in [6, 6.07) is 3.61. The summed E-state index contributed by atoms with van der Waals surface area (Å²) in [4.78, 5) is 25.3.